The molecule has 2 rings (SSSR count). The molecule has 5 nitrogen and oxygen atoms in total. The first-order chi connectivity index (χ1) is 14.0. The predicted molar refractivity (Wildman–Crippen MR) is 121 cm³/mol. The first kappa shape index (κ1) is 24.0. The maximum Gasteiger partial charge on any atom is 0.317 e. The molecule has 1 heterocycles. The number of hydrogen-bond acceptors (Lipinski definition) is 3. The molecule has 0 spiro atoms. The number of urea groups is 1. The summed E-state index contributed by atoms with van der Waals surface area (Å²) in [5.74, 6) is 1.16. The number of amides is 2. The van der Waals surface area contributed by atoms with Gasteiger partial charge in [0.25, 0.3) is 0 Å². The van der Waals surface area contributed by atoms with E-state index in [4.69, 9.17) is 16.3 Å². The van der Waals surface area contributed by atoms with Crippen molar-refractivity contribution in [2.75, 3.05) is 40.4 Å². The van der Waals surface area contributed by atoms with Gasteiger partial charge >= 0.3 is 6.03 Å². The Hall–Kier alpha value is -1.30. The lowest BCUT2D eigenvalue weighted by Crippen LogP contribution is -2.45. The van der Waals surface area contributed by atoms with E-state index in [2.05, 4.69) is 23.6 Å². The van der Waals surface area contributed by atoms with Crippen LogP contribution in [0.25, 0.3) is 0 Å². The number of carbonyl (C=O) groups excluding carboxylic acids is 1. The molecule has 1 fully saturated rings. The Kier molecular flexibility index (Phi) is 10.8. The quantitative estimate of drug-likeness (QED) is 0.556. The van der Waals surface area contributed by atoms with Gasteiger partial charge in [-0.1, -0.05) is 30.7 Å². The molecule has 1 aliphatic heterocycles. The maximum absolute atomic E-state index is 12.4. The monoisotopic (exact) mass is 423 g/mol. The molecule has 0 radical (unpaired) electrons. The lowest BCUT2D eigenvalue weighted by Gasteiger charge is -2.27. The number of hydrogen-bond donors (Lipinski definition) is 2. The van der Waals surface area contributed by atoms with Crippen molar-refractivity contribution in [3.8, 4) is 0 Å². The zero-order valence-electron chi connectivity index (χ0n) is 18.3. The predicted octanol–water partition coefficient (Wildman–Crippen LogP) is 4.34. The molecule has 29 heavy (non-hydrogen) atoms. The minimum Gasteiger partial charge on any atom is -0.381 e. The number of rotatable bonds is 11. The number of nitrogens with zero attached hydrogens (tertiary/aromatic N) is 1. The number of ether oxygens (including phenoxy) is 1. The van der Waals surface area contributed by atoms with E-state index in [1.54, 1.807) is 4.90 Å². The van der Waals surface area contributed by atoms with Crippen LogP contribution in [0.2, 0.25) is 5.02 Å². The van der Waals surface area contributed by atoms with Crippen molar-refractivity contribution in [3.05, 3.63) is 34.9 Å². The van der Waals surface area contributed by atoms with E-state index in [1.807, 2.05) is 32.3 Å². The van der Waals surface area contributed by atoms with Gasteiger partial charge in [0, 0.05) is 44.4 Å². The van der Waals surface area contributed by atoms with E-state index in [0.29, 0.717) is 18.4 Å². The number of halogens is 1. The zero-order valence-corrected chi connectivity index (χ0v) is 19.0. The Balaban J connectivity index is 1.62. The van der Waals surface area contributed by atoms with Gasteiger partial charge in [-0.2, -0.15) is 0 Å². The van der Waals surface area contributed by atoms with Crippen LogP contribution >= 0.6 is 11.6 Å². The summed E-state index contributed by atoms with van der Waals surface area (Å²) in [5.41, 5.74) is 1.28. The van der Waals surface area contributed by atoms with Gasteiger partial charge in [-0.3, -0.25) is 0 Å². The number of nitrogens with one attached hydrogen (secondary N) is 2. The minimum absolute atomic E-state index is 0.00707. The SMILES string of the molecule is CNC(CNC(=O)N(C)CCC[C@H](C)Cc1cccc(Cl)c1)C[C@H]1CCCOC1. The molecule has 1 saturated heterocycles. The summed E-state index contributed by atoms with van der Waals surface area (Å²) < 4.78 is 5.57. The number of carbonyl (C=O) groups is 1. The lowest BCUT2D eigenvalue weighted by atomic mass is 9.94. The maximum atomic E-state index is 12.4. The average Bonchev–Trinajstić information content (AvgIpc) is 2.71. The van der Waals surface area contributed by atoms with Crippen molar-refractivity contribution in [2.24, 2.45) is 11.8 Å². The van der Waals surface area contributed by atoms with Gasteiger partial charge in [0.15, 0.2) is 0 Å². The van der Waals surface area contributed by atoms with Crippen molar-refractivity contribution in [3.63, 3.8) is 0 Å². The Labute approximate surface area is 181 Å². The fraction of sp³-hybridized carbons (Fsp3) is 0.696. The molecule has 6 heteroatoms. The molecule has 0 aromatic heterocycles. The highest BCUT2D eigenvalue weighted by atomic mass is 35.5. The molecule has 1 aromatic rings. The molecular formula is C23H38ClN3O2. The fourth-order valence-corrected chi connectivity index (χ4v) is 4.20. The van der Waals surface area contributed by atoms with E-state index >= 15 is 0 Å². The van der Waals surface area contributed by atoms with Gasteiger partial charge in [0.05, 0.1) is 0 Å². The Morgan fingerprint density at radius 2 is 2.24 bits per heavy atom. The summed E-state index contributed by atoms with van der Waals surface area (Å²) in [7, 11) is 3.84. The molecule has 164 valence electrons. The largest absolute Gasteiger partial charge is 0.381 e. The third-order valence-electron chi connectivity index (χ3n) is 5.79. The van der Waals surface area contributed by atoms with Crippen molar-refractivity contribution >= 4 is 17.6 Å². The number of benzene rings is 1. The fourth-order valence-electron chi connectivity index (χ4n) is 3.99. The first-order valence-electron chi connectivity index (χ1n) is 11.0. The molecule has 3 atom stereocenters. The van der Waals surface area contributed by atoms with Crippen LogP contribution in [0.3, 0.4) is 0 Å². The highest BCUT2D eigenvalue weighted by Crippen LogP contribution is 2.19. The Morgan fingerprint density at radius 3 is 2.93 bits per heavy atom. The van der Waals surface area contributed by atoms with Gasteiger partial charge in [-0.25, -0.2) is 4.79 Å². The van der Waals surface area contributed by atoms with Gasteiger partial charge in [0.1, 0.15) is 0 Å². The van der Waals surface area contributed by atoms with Crippen LogP contribution < -0.4 is 10.6 Å². The van der Waals surface area contributed by atoms with Crippen LogP contribution in [0.15, 0.2) is 24.3 Å². The second kappa shape index (κ2) is 13.1. The summed E-state index contributed by atoms with van der Waals surface area (Å²) in [6.07, 6.45) is 6.52. The van der Waals surface area contributed by atoms with Crippen LogP contribution in [-0.4, -0.2) is 57.4 Å². The van der Waals surface area contributed by atoms with Crippen LogP contribution in [-0.2, 0) is 11.2 Å². The standard InChI is InChI=1S/C23H38ClN3O2/c1-18(13-19-8-4-10-21(24)14-19)7-5-11-27(3)23(28)26-16-22(25-2)15-20-9-6-12-29-17-20/h4,8,10,14,18,20,22,25H,5-7,9,11-13,15-17H2,1-3H3,(H,26,28)/t18-,20+,22?/m0/s1. The summed E-state index contributed by atoms with van der Waals surface area (Å²) in [4.78, 5) is 14.2. The smallest absolute Gasteiger partial charge is 0.317 e. The van der Waals surface area contributed by atoms with E-state index in [1.165, 1.54) is 12.0 Å². The summed E-state index contributed by atoms with van der Waals surface area (Å²) in [6.45, 7) is 5.42. The highest BCUT2D eigenvalue weighted by molar-refractivity contribution is 6.30. The van der Waals surface area contributed by atoms with Gasteiger partial charge in [0.2, 0.25) is 0 Å². The molecule has 0 saturated carbocycles. The van der Waals surface area contributed by atoms with E-state index in [-0.39, 0.29) is 12.1 Å². The van der Waals surface area contributed by atoms with Crippen LogP contribution in [0.1, 0.15) is 44.6 Å². The Bertz CT molecular complexity index is 608. The molecule has 1 aromatic carbocycles. The molecule has 2 amide bonds. The second-order valence-electron chi connectivity index (χ2n) is 8.49. The van der Waals surface area contributed by atoms with Crippen LogP contribution in [0.5, 0.6) is 0 Å². The molecular weight excluding hydrogens is 386 g/mol. The minimum atomic E-state index is 0.00707. The topological polar surface area (TPSA) is 53.6 Å². The average molecular weight is 424 g/mol. The number of likely N-dealkylation sites (N-methyl/N-ethyl adjacent to an activating group) is 1. The third-order valence-corrected chi connectivity index (χ3v) is 6.03. The summed E-state index contributed by atoms with van der Waals surface area (Å²) in [6, 6.07) is 8.37. The first-order valence-corrected chi connectivity index (χ1v) is 11.3. The zero-order chi connectivity index (χ0) is 21.1. The van der Waals surface area contributed by atoms with Gasteiger partial charge in [-0.15, -0.1) is 0 Å². The van der Waals surface area contributed by atoms with Crippen LogP contribution in [0, 0.1) is 11.8 Å². The molecule has 1 aliphatic rings. The second-order valence-corrected chi connectivity index (χ2v) is 8.93. The van der Waals surface area contributed by atoms with Crippen molar-refractivity contribution < 1.29 is 9.53 Å². The molecule has 0 bridgehead atoms. The molecule has 2 N–H and O–H groups in total. The molecule has 1 unspecified atom stereocenters. The lowest BCUT2D eigenvalue weighted by molar-refractivity contribution is 0.0479. The van der Waals surface area contributed by atoms with E-state index in [0.717, 1.165) is 56.9 Å². The summed E-state index contributed by atoms with van der Waals surface area (Å²) in [5, 5.41) is 7.20. The van der Waals surface area contributed by atoms with Crippen molar-refractivity contribution in [2.45, 2.75) is 51.5 Å². The van der Waals surface area contributed by atoms with Crippen LogP contribution in [0.4, 0.5) is 4.79 Å². The van der Waals surface area contributed by atoms with Crippen molar-refractivity contribution in [1.82, 2.24) is 15.5 Å². The summed E-state index contributed by atoms with van der Waals surface area (Å²) >= 11 is 6.06. The van der Waals surface area contributed by atoms with E-state index < -0.39 is 0 Å². The van der Waals surface area contributed by atoms with E-state index in [9.17, 15) is 4.79 Å². The van der Waals surface area contributed by atoms with Crippen molar-refractivity contribution in [1.29, 1.82) is 0 Å². The van der Waals surface area contributed by atoms with Gasteiger partial charge in [-0.05, 0) is 75.1 Å². The highest BCUT2D eigenvalue weighted by Gasteiger charge is 2.19. The third kappa shape index (κ3) is 9.37. The van der Waals surface area contributed by atoms with Gasteiger partial charge < -0.3 is 20.3 Å². The molecule has 0 aliphatic carbocycles. The Morgan fingerprint density at radius 1 is 1.41 bits per heavy atom. The normalized spacial score (nSPS) is 18.8.